The first-order valence-electron chi connectivity index (χ1n) is 7.64. The van der Waals surface area contributed by atoms with Crippen LogP contribution in [0.4, 0.5) is 0 Å². The van der Waals surface area contributed by atoms with Gasteiger partial charge in [0.05, 0.1) is 23.4 Å². The number of furan rings is 1. The number of thiophene rings is 1. The Morgan fingerprint density at radius 1 is 1.16 bits per heavy atom. The molecule has 0 radical (unpaired) electrons. The van der Waals surface area contributed by atoms with E-state index in [1.165, 1.54) is 10.9 Å². The molecular weight excluding hydrogens is 338 g/mol. The van der Waals surface area contributed by atoms with Gasteiger partial charge in [-0.05, 0) is 23.6 Å². The SMILES string of the molecule is O=c1c2oc3ccccc3c2ncn1Cc1coc(-c2cccs2)n1. The molecule has 0 atom stereocenters. The molecule has 7 heteroatoms. The normalized spacial score (nSPS) is 11.5. The summed E-state index contributed by atoms with van der Waals surface area (Å²) in [5, 5.41) is 2.80. The van der Waals surface area contributed by atoms with Gasteiger partial charge < -0.3 is 8.83 Å². The van der Waals surface area contributed by atoms with Gasteiger partial charge in [-0.3, -0.25) is 9.36 Å². The van der Waals surface area contributed by atoms with E-state index < -0.39 is 0 Å². The third-order valence-corrected chi connectivity index (χ3v) is 4.82. The number of rotatable bonds is 3. The van der Waals surface area contributed by atoms with Crippen molar-refractivity contribution >= 4 is 33.4 Å². The van der Waals surface area contributed by atoms with Gasteiger partial charge in [0.15, 0.2) is 0 Å². The molecule has 0 aliphatic carbocycles. The Morgan fingerprint density at radius 2 is 2.08 bits per heavy atom. The van der Waals surface area contributed by atoms with Crippen molar-refractivity contribution in [2.75, 3.05) is 0 Å². The van der Waals surface area contributed by atoms with Crippen molar-refractivity contribution in [2.45, 2.75) is 6.54 Å². The van der Waals surface area contributed by atoms with E-state index in [1.807, 2.05) is 41.8 Å². The number of aromatic nitrogens is 3. The number of oxazole rings is 1. The Hall–Kier alpha value is -3.19. The summed E-state index contributed by atoms with van der Waals surface area (Å²) < 4.78 is 12.7. The number of nitrogens with zero attached hydrogens (tertiary/aromatic N) is 3. The summed E-state index contributed by atoms with van der Waals surface area (Å²) in [5.41, 5.74) is 1.91. The molecule has 0 aliphatic heterocycles. The van der Waals surface area contributed by atoms with E-state index in [4.69, 9.17) is 8.83 Å². The van der Waals surface area contributed by atoms with Crippen LogP contribution in [0.1, 0.15) is 5.69 Å². The van der Waals surface area contributed by atoms with Gasteiger partial charge >= 0.3 is 0 Å². The highest BCUT2D eigenvalue weighted by molar-refractivity contribution is 7.13. The topological polar surface area (TPSA) is 74.1 Å². The lowest BCUT2D eigenvalue weighted by Crippen LogP contribution is -2.20. The molecule has 5 aromatic rings. The molecule has 25 heavy (non-hydrogen) atoms. The zero-order chi connectivity index (χ0) is 16.8. The molecule has 4 aromatic heterocycles. The van der Waals surface area contributed by atoms with E-state index in [0.717, 1.165) is 10.3 Å². The van der Waals surface area contributed by atoms with Crippen LogP contribution >= 0.6 is 11.3 Å². The van der Waals surface area contributed by atoms with Crippen LogP contribution in [0.2, 0.25) is 0 Å². The van der Waals surface area contributed by atoms with Gasteiger partial charge in [0, 0.05) is 5.39 Å². The molecule has 0 amide bonds. The van der Waals surface area contributed by atoms with Crippen molar-refractivity contribution < 1.29 is 8.83 Å². The molecular formula is C18H11N3O3S. The Morgan fingerprint density at radius 3 is 2.96 bits per heavy atom. The van der Waals surface area contributed by atoms with E-state index in [1.54, 1.807) is 17.6 Å². The molecule has 5 rings (SSSR count). The van der Waals surface area contributed by atoms with Crippen molar-refractivity contribution in [3.8, 4) is 10.8 Å². The highest BCUT2D eigenvalue weighted by Gasteiger charge is 2.14. The summed E-state index contributed by atoms with van der Waals surface area (Å²) in [7, 11) is 0. The number of fused-ring (bicyclic) bond motifs is 3. The molecule has 6 nitrogen and oxygen atoms in total. The largest absolute Gasteiger partial charge is 0.448 e. The number of hydrogen-bond donors (Lipinski definition) is 0. The predicted molar refractivity (Wildman–Crippen MR) is 94.7 cm³/mol. The molecule has 0 aliphatic rings. The van der Waals surface area contributed by atoms with Crippen LogP contribution < -0.4 is 5.56 Å². The summed E-state index contributed by atoms with van der Waals surface area (Å²) in [5.74, 6) is 0.552. The van der Waals surface area contributed by atoms with Crippen molar-refractivity contribution in [3.63, 3.8) is 0 Å². The van der Waals surface area contributed by atoms with E-state index in [0.29, 0.717) is 22.7 Å². The summed E-state index contributed by atoms with van der Waals surface area (Å²) in [6.45, 7) is 0.272. The molecule has 0 fully saturated rings. The smallest absolute Gasteiger partial charge is 0.297 e. The number of benzene rings is 1. The van der Waals surface area contributed by atoms with Gasteiger partial charge in [-0.15, -0.1) is 11.3 Å². The van der Waals surface area contributed by atoms with Crippen LogP contribution in [0.3, 0.4) is 0 Å². The lowest BCUT2D eigenvalue weighted by atomic mass is 10.2. The first-order valence-corrected chi connectivity index (χ1v) is 8.52. The Kier molecular flexibility index (Phi) is 3.07. The second kappa shape index (κ2) is 5.42. The van der Waals surface area contributed by atoms with Crippen LogP contribution in [-0.2, 0) is 6.54 Å². The summed E-state index contributed by atoms with van der Waals surface area (Å²) in [6, 6.07) is 11.4. The van der Waals surface area contributed by atoms with Crippen molar-refractivity contribution in [3.05, 3.63) is 70.4 Å². The number of para-hydroxylation sites is 1. The maximum absolute atomic E-state index is 12.7. The molecule has 0 spiro atoms. The second-order valence-corrected chi connectivity index (χ2v) is 6.52. The third-order valence-electron chi connectivity index (χ3n) is 3.97. The summed E-state index contributed by atoms with van der Waals surface area (Å²) in [6.07, 6.45) is 3.08. The highest BCUT2D eigenvalue weighted by atomic mass is 32.1. The van der Waals surface area contributed by atoms with Crippen LogP contribution in [-0.4, -0.2) is 14.5 Å². The first kappa shape index (κ1) is 14.2. The lowest BCUT2D eigenvalue weighted by molar-refractivity contribution is 0.572. The first-order chi connectivity index (χ1) is 12.3. The number of hydrogen-bond acceptors (Lipinski definition) is 6. The fraction of sp³-hybridized carbons (Fsp3) is 0.0556. The predicted octanol–water partition coefficient (Wildman–Crippen LogP) is 3.91. The minimum Gasteiger partial charge on any atom is -0.448 e. The van der Waals surface area contributed by atoms with Gasteiger partial charge in [-0.1, -0.05) is 18.2 Å². The molecule has 0 bridgehead atoms. The van der Waals surface area contributed by atoms with Crippen LogP contribution in [0, 0.1) is 0 Å². The van der Waals surface area contributed by atoms with E-state index in [9.17, 15) is 4.79 Å². The van der Waals surface area contributed by atoms with Gasteiger partial charge in [0.1, 0.15) is 17.4 Å². The van der Waals surface area contributed by atoms with Crippen molar-refractivity contribution in [1.29, 1.82) is 0 Å². The molecule has 0 saturated heterocycles. The summed E-state index contributed by atoms with van der Waals surface area (Å²) >= 11 is 1.55. The maximum atomic E-state index is 12.7. The fourth-order valence-corrected chi connectivity index (χ4v) is 3.45. The second-order valence-electron chi connectivity index (χ2n) is 5.57. The molecule has 0 saturated carbocycles. The molecule has 0 N–H and O–H groups in total. The molecule has 1 aromatic carbocycles. The van der Waals surface area contributed by atoms with Gasteiger partial charge in [-0.2, -0.15) is 0 Å². The van der Waals surface area contributed by atoms with E-state index in [2.05, 4.69) is 9.97 Å². The quantitative estimate of drug-likeness (QED) is 0.494. The lowest BCUT2D eigenvalue weighted by Gasteiger charge is -2.01. The van der Waals surface area contributed by atoms with Gasteiger partial charge in [0.25, 0.3) is 5.56 Å². The Labute approximate surface area is 145 Å². The van der Waals surface area contributed by atoms with Crippen LogP contribution in [0.5, 0.6) is 0 Å². The minimum atomic E-state index is -0.234. The standard InChI is InChI=1S/C18H11N3O3S/c22-18-16-15(12-4-1-2-5-13(12)24-16)19-10-21(18)8-11-9-23-17(20-11)14-6-3-7-25-14/h1-7,9-10H,8H2. The molecule has 0 unspecified atom stereocenters. The van der Waals surface area contributed by atoms with Gasteiger partial charge in [-0.25, -0.2) is 9.97 Å². The van der Waals surface area contributed by atoms with E-state index in [-0.39, 0.29) is 17.7 Å². The molecule has 4 heterocycles. The maximum Gasteiger partial charge on any atom is 0.297 e. The van der Waals surface area contributed by atoms with Crippen molar-refractivity contribution in [1.82, 2.24) is 14.5 Å². The average Bonchev–Trinajstić information content (AvgIpc) is 3.36. The Balaban J connectivity index is 1.56. The summed E-state index contributed by atoms with van der Waals surface area (Å²) in [4.78, 5) is 22.5. The third kappa shape index (κ3) is 2.28. The van der Waals surface area contributed by atoms with E-state index >= 15 is 0 Å². The highest BCUT2D eigenvalue weighted by Crippen LogP contribution is 2.25. The monoisotopic (exact) mass is 349 g/mol. The molecule has 122 valence electrons. The Bertz CT molecular complexity index is 1250. The zero-order valence-electron chi connectivity index (χ0n) is 12.9. The van der Waals surface area contributed by atoms with Crippen molar-refractivity contribution in [2.24, 2.45) is 0 Å². The average molecular weight is 349 g/mol. The van der Waals surface area contributed by atoms with Crippen LogP contribution in [0.15, 0.2) is 68.0 Å². The fourth-order valence-electron chi connectivity index (χ4n) is 2.80. The van der Waals surface area contributed by atoms with Crippen LogP contribution in [0.25, 0.3) is 32.8 Å². The minimum absolute atomic E-state index is 0.234. The van der Waals surface area contributed by atoms with Gasteiger partial charge in [0.2, 0.25) is 11.5 Å². The zero-order valence-corrected chi connectivity index (χ0v) is 13.7.